The van der Waals surface area contributed by atoms with Gasteiger partial charge in [-0.15, -0.1) is 0 Å². The van der Waals surface area contributed by atoms with Gasteiger partial charge in [-0.25, -0.2) is 13.2 Å². The van der Waals surface area contributed by atoms with E-state index >= 15 is 0 Å². The molecule has 0 aliphatic rings. The molecule has 4 nitrogen and oxygen atoms in total. The van der Waals surface area contributed by atoms with Crippen molar-refractivity contribution in [2.24, 2.45) is 0 Å². The number of aliphatic hydroxyl groups excluding tert-OH is 1. The monoisotopic (exact) mass is 339 g/mol. The first-order valence-corrected chi connectivity index (χ1v) is 7.25. The lowest BCUT2D eigenvalue weighted by atomic mass is 10.1. The van der Waals surface area contributed by atoms with Gasteiger partial charge >= 0.3 is 0 Å². The number of nitrogens with one attached hydrogen (secondary N) is 1. The number of carbonyl (C=O) groups excluding carboxylic acids is 1. The van der Waals surface area contributed by atoms with Crippen LogP contribution < -0.4 is 10.1 Å². The number of benzene rings is 2. The third-order valence-electron chi connectivity index (χ3n) is 3.32. The third-order valence-corrected chi connectivity index (χ3v) is 3.32. The van der Waals surface area contributed by atoms with Gasteiger partial charge in [0.15, 0.2) is 11.6 Å². The Morgan fingerprint density at radius 1 is 1.17 bits per heavy atom. The molecule has 0 unspecified atom stereocenters. The first-order chi connectivity index (χ1) is 11.5. The van der Waals surface area contributed by atoms with Crippen molar-refractivity contribution in [3.05, 3.63) is 64.5 Å². The molecule has 2 N–H and O–H groups in total. The quantitative estimate of drug-likeness (QED) is 0.851. The van der Waals surface area contributed by atoms with Crippen LogP contribution in [-0.4, -0.2) is 17.6 Å². The Kier molecular flexibility index (Phi) is 5.81. The van der Waals surface area contributed by atoms with Gasteiger partial charge in [-0.2, -0.15) is 0 Å². The minimum atomic E-state index is -1.08. The molecular formula is C17H16F3NO3. The number of halogens is 3. The molecule has 0 saturated heterocycles. The van der Waals surface area contributed by atoms with E-state index in [0.29, 0.717) is 5.56 Å². The molecule has 0 bridgehead atoms. The fourth-order valence-corrected chi connectivity index (χ4v) is 2.14. The molecule has 1 amide bonds. The summed E-state index contributed by atoms with van der Waals surface area (Å²) in [6.07, 6.45) is 0. The minimum absolute atomic E-state index is 0.0671. The number of carbonyl (C=O) groups is 1. The molecule has 0 fully saturated rings. The van der Waals surface area contributed by atoms with Crippen molar-refractivity contribution in [1.82, 2.24) is 5.32 Å². The van der Waals surface area contributed by atoms with Gasteiger partial charge < -0.3 is 15.2 Å². The highest BCUT2D eigenvalue weighted by Crippen LogP contribution is 2.23. The van der Waals surface area contributed by atoms with E-state index in [4.69, 9.17) is 9.84 Å². The highest BCUT2D eigenvalue weighted by molar-refractivity contribution is 5.95. The van der Waals surface area contributed by atoms with E-state index in [2.05, 4.69) is 5.32 Å². The molecule has 24 heavy (non-hydrogen) atoms. The Hall–Kier alpha value is -2.54. The molecule has 0 aliphatic carbocycles. The zero-order chi connectivity index (χ0) is 17.7. The van der Waals surface area contributed by atoms with Crippen molar-refractivity contribution in [2.75, 3.05) is 6.61 Å². The normalized spacial score (nSPS) is 10.5. The topological polar surface area (TPSA) is 58.6 Å². The summed E-state index contributed by atoms with van der Waals surface area (Å²) in [6, 6.07) is 5.96. The molecule has 0 aromatic heterocycles. The summed E-state index contributed by atoms with van der Waals surface area (Å²) in [5, 5.41) is 11.4. The second kappa shape index (κ2) is 7.83. The van der Waals surface area contributed by atoms with E-state index in [1.807, 2.05) is 0 Å². The molecule has 0 spiro atoms. The molecule has 2 rings (SSSR count). The van der Waals surface area contributed by atoms with Crippen molar-refractivity contribution in [3.63, 3.8) is 0 Å². The van der Waals surface area contributed by atoms with Crippen molar-refractivity contribution in [2.45, 2.75) is 20.1 Å². The summed E-state index contributed by atoms with van der Waals surface area (Å²) in [5.74, 6) is -3.84. The number of hydrogen-bond acceptors (Lipinski definition) is 3. The Balaban J connectivity index is 2.17. The van der Waals surface area contributed by atoms with Gasteiger partial charge in [-0.3, -0.25) is 4.79 Å². The molecule has 2 aromatic carbocycles. The molecule has 2 aromatic rings. The van der Waals surface area contributed by atoms with Crippen LogP contribution in [0.4, 0.5) is 13.2 Å². The van der Waals surface area contributed by atoms with Crippen molar-refractivity contribution in [1.29, 1.82) is 0 Å². The Labute approximate surface area is 136 Å². The van der Waals surface area contributed by atoms with E-state index in [9.17, 15) is 18.0 Å². The number of amides is 1. The largest absolute Gasteiger partial charge is 0.491 e. The first kappa shape index (κ1) is 17.8. The fraction of sp³-hybridized carbons (Fsp3) is 0.235. The molecule has 128 valence electrons. The molecule has 0 atom stereocenters. The van der Waals surface area contributed by atoms with Crippen molar-refractivity contribution >= 4 is 5.91 Å². The summed E-state index contributed by atoms with van der Waals surface area (Å²) < 4.78 is 46.2. The van der Waals surface area contributed by atoms with Gasteiger partial charge in [0, 0.05) is 12.1 Å². The Bertz CT molecular complexity index is 750. The second-order valence-corrected chi connectivity index (χ2v) is 4.93. The maximum atomic E-state index is 14.2. The van der Waals surface area contributed by atoms with E-state index in [-0.39, 0.29) is 24.5 Å². The molecule has 0 saturated carbocycles. The van der Waals surface area contributed by atoms with Gasteiger partial charge in [-0.1, -0.05) is 6.07 Å². The van der Waals surface area contributed by atoms with E-state index in [1.165, 1.54) is 12.1 Å². The summed E-state index contributed by atoms with van der Waals surface area (Å²) in [5.41, 5.74) is -0.196. The van der Waals surface area contributed by atoms with Crippen molar-refractivity contribution in [3.8, 4) is 5.75 Å². The smallest absolute Gasteiger partial charge is 0.257 e. The summed E-state index contributed by atoms with van der Waals surface area (Å²) >= 11 is 0. The van der Waals surface area contributed by atoms with Crippen LogP contribution in [0.2, 0.25) is 0 Å². The zero-order valence-corrected chi connectivity index (χ0v) is 12.9. The molecule has 0 aliphatic heterocycles. The molecule has 0 heterocycles. The number of hydrogen-bond donors (Lipinski definition) is 2. The van der Waals surface area contributed by atoms with Gasteiger partial charge in [0.1, 0.15) is 17.2 Å². The predicted molar refractivity (Wildman–Crippen MR) is 81.0 cm³/mol. The zero-order valence-electron chi connectivity index (χ0n) is 12.9. The number of aliphatic hydroxyl groups is 1. The van der Waals surface area contributed by atoms with E-state index in [1.54, 1.807) is 6.92 Å². The lowest BCUT2D eigenvalue weighted by molar-refractivity contribution is 0.0941. The lowest BCUT2D eigenvalue weighted by Crippen LogP contribution is -2.25. The van der Waals surface area contributed by atoms with Crippen molar-refractivity contribution < 1.29 is 27.8 Å². The van der Waals surface area contributed by atoms with Gasteiger partial charge in [-0.05, 0) is 36.8 Å². The van der Waals surface area contributed by atoms with Crippen LogP contribution in [0.15, 0.2) is 30.3 Å². The highest BCUT2D eigenvalue weighted by Gasteiger charge is 2.21. The fourth-order valence-electron chi connectivity index (χ4n) is 2.14. The van der Waals surface area contributed by atoms with Crippen LogP contribution in [0, 0.1) is 17.5 Å². The maximum absolute atomic E-state index is 14.2. The van der Waals surface area contributed by atoms with Crippen LogP contribution in [0.25, 0.3) is 0 Å². The Morgan fingerprint density at radius 3 is 2.54 bits per heavy atom. The minimum Gasteiger partial charge on any atom is -0.491 e. The average molecular weight is 339 g/mol. The highest BCUT2D eigenvalue weighted by atomic mass is 19.1. The van der Waals surface area contributed by atoms with Crippen LogP contribution >= 0.6 is 0 Å². The average Bonchev–Trinajstić information content (AvgIpc) is 2.57. The maximum Gasteiger partial charge on any atom is 0.257 e. The van der Waals surface area contributed by atoms with Gasteiger partial charge in [0.25, 0.3) is 5.91 Å². The molecule has 0 radical (unpaired) electrons. The van der Waals surface area contributed by atoms with Crippen LogP contribution in [0.1, 0.15) is 28.4 Å². The summed E-state index contributed by atoms with van der Waals surface area (Å²) in [4.78, 5) is 12.1. The van der Waals surface area contributed by atoms with Gasteiger partial charge in [0.05, 0.1) is 13.2 Å². The van der Waals surface area contributed by atoms with E-state index in [0.717, 1.165) is 18.2 Å². The van der Waals surface area contributed by atoms with Crippen LogP contribution in [-0.2, 0) is 13.2 Å². The first-order valence-electron chi connectivity index (χ1n) is 7.25. The lowest BCUT2D eigenvalue weighted by Gasteiger charge is -2.11. The SMILES string of the molecule is CCOc1ccc(F)c(C(=O)NCc2ccc(F)c(CO)c2)c1F. The standard InChI is InChI=1S/C17H16F3NO3/c1-2-24-14-6-5-13(19)15(16(14)20)17(23)21-8-10-3-4-12(18)11(7-10)9-22/h3-7,22H,2,8-9H2,1H3,(H,21,23). The summed E-state index contributed by atoms with van der Waals surface area (Å²) in [6.45, 7) is 1.23. The van der Waals surface area contributed by atoms with Crippen LogP contribution in [0.3, 0.4) is 0 Å². The third kappa shape index (κ3) is 3.86. The predicted octanol–water partition coefficient (Wildman–Crippen LogP) is 2.92. The summed E-state index contributed by atoms with van der Waals surface area (Å²) in [7, 11) is 0. The molecule has 7 heteroatoms. The van der Waals surface area contributed by atoms with E-state index < -0.39 is 35.5 Å². The second-order valence-electron chi connectivity index (χ2n) is 4.93. The molecular weight excluding hydrogens is 323 g/mol. The van der Waals surface area contributed by atoms with Crippen LogP contribution in [0.5, 0.6) is 5.75 Å². The Morgan fingerprint density at radius 2 is 1.88 bits per heavy atom. The van der Waals surface area contributed by atoms with Gasteiger partial charge in [0.2, 0.25) is 0 Å². The number of rotatable bonds is 6. The number of ether oxygens (including phenoxy) is 1.